The van der Waals surface area contributed by atoms with Crippen LogP contribution in [-0.2, 0) is 15.4 Å². The standard InChI is InChI=1S/C21H28N2O3S/c1-20(2,3)16-9-7-15(8-10-16)19(24)22-17-11-13-18(14-12-17)27(25,26)23-21(4,5)6/h7-14,23H,1-6H3,(H,22,24). The lowest BCUT2D eigenvalue weighted by molar-refractivity contribution is 0.102. The summed E-state index contributed by atoms with van der Waals surface area (Å²) in [7, 11) is -3.60. The third kappa shape index (κ3) is 5.91. The van der Waals surface area contributed by atoms with Crippen molar-refractivity contribution in [2.24, 2.45) is 0 Å². The number of sulfonamides is 1. The zero-order chi connectivity index (χ0) is 20.5. The maximum Gasteiger partial charge on any atom is 0.255 e. The Labute approximate surface area is 162 Å². The Hall–Kier alpha value is -2.18. The predicted octanol–water partition coefficient (Wildman–Crippen LogP) is 4.31. The summed E-state index contributed by atoms with van der Waals surface area (Å²) in [5.41, 5.74) is 1.70. The molecule has 0 saturated carbocycles. The molecule has 0 aliphatic rings. The molecule has 1 amide bonds. The Bertz CT molecular complexity index is 902. The van der Waals surface area contributed by atoms with Crippen LogP contribution in [0.4, 0.5) is 5.69 Å². The topological polar surface area (TPSA) is 75.3 Å². The summed E-state index contributed by atoms with van der Waals surface area (Å²) < 4.78 is 27.2. The molecule has 2 aromatic carbocycles. The molecule has 2 N–H and O–H groups in total. The van der Waals surface area contributed by atoms with Gasteiger partial charge in [-0.3, -0.25) is 4.79 Å². The monoisotopic (exact) mass is 388 g/mol. The molecule has 0 radical (unpaired) electrons. The Morgan fingerprint density at radius 3 is 1.78 bits per heavy atom. The minimum absolute atomic E-state index is 0.0252. The van der Waals surface area contributed by atoms with E-state index in [4.69, 9.17) is 0 Å². The minimum atomic E-state index is -3.60. The van der Waals surface area contributed by atoms with Crippen LogP contribution in [0.15, 0.2) is 53.4 Å². The summed E-state index contributed by atoms with van der Waals surface area (Å²) in [5, 5.41) is 2.79. The molecule has 146 valence electrons. The SMILES string of the molecule is CC(C)(C)NS(=O)(=O)c1ccc(NC(=O)c2ccc(C(C)(C)C)cc2)cc1. The van der Waals surface area contributed by atoms with Gasteiger partial charge in [-0.2, -0.15) is 0 Å². The molecule has 0 unspecified atom stereocenters. The van der Waals surface area contributed by atoms with Crippen molar-refractivity contribution in [1.29, 1.82) is 0 Å². The predicted molar refractivity (Wildman–Crippen MR) is 110 cm³/mol. The third-order valence-corrected chi connectivity index (χ3v) is 5.65. The number of benzene rings is 2. The van der Waals surface area contributed by atoms with Gasteiger partial charge in [-0.05, 0) is 68.1 Å². The largest absolute Gasteiger partial charge is 0.322 e. The second kappa shape index (κ2) is 7.44. The maximum atomic E-state index is 12.4. The smallest absolute Gasteiger partial charge is 0.255 e. The van der Waals surface area contributed by atoms with E-state index in [-0.39, 0.29) is 16.2 Å². The molecular weight excluding hydrogens is 360 g/mol. The van der Waals surface area contributed by atoms with Gasteiger partial charge < -0.3 is 5.32 Å². The number of rotatable bonds is 4. The van der Waals surface area contributed by atoms with Crippen molar-refractivity contribution in [3.63, 3.8) is 0 Å². The molecule has 6 heteroatoms. The molecule has 0 saturated heterocycles. The van der Waals surface area contributed by atoms with Crippen molar-refractivity contribution < 1.29 is 13.2 Å². The first-order chi connectivity index (χ1) is 12.3. The Morgan fingerprint density at radius 1 is 0.815 bits per heavy atom. The van der Waals surface area contributed by atoms with E-state index in [0.29, 0.717) is 11.3 Å². The highest BCUT2D eigenvalue weighted by Crippen LogP contribution is 2.22. The highest BCUT2D eigenvalue weighted by atomic mass is 32.2. The molecule has 0 atom stereocenters. The summed E-state index contributed by atoms with van der Waals surface area (Å²) in [5.74, 6) is -0.237. The molecule has 2 rings (SSSR count). The highest BCUT2D eigenvalue weighted by Gasteiger charge is 2.22. The van der Waals surface area contributed by atoms with E-state index in [1.165, 1.54) is 12.1 Å². The Morgan fingerprint density at radius 2 is 1.33 bits per heavy atom. The number of carbonyl (C=O) groups excluding carboxylic acids is 1. The van der Waals surface area contributed by atoms with E-state index in [9.17, 15) is 13.2 Å². The van der Waals surface area contributed by atoms with E-state index < -0.39 is 15.6 Å². The number of hydrogen-bond acceptors (Lipinski definition) is 3. The second-order valence-corrected chi connectivity index (χ2v) is 10.3. The number of amides is 1. The molecule has 5 nitrogen and oxygen atoms in total. The van der Waals surface area contributed by atoms with E-state index in [1.54, 1.807) is 45.0 Å². The van der Waals surface area contributed by atoms with Crippen LogP contribution in [0.3, 0.4) is 0 Å². The van der Waals surface area contributed by atoms with Crippen LogP contribution >= 0.6 is 0 Å². The highest BCUT2D eigenvalue weighted by molar-refractivity contribution is 7.89. The summed E-state index contributed by atoms with van der Waals surface area (Å²) in [6.07, 6.45) is 0. The Balaban J connectivity index is 2.11. The lowest BCUT2D eigenvalue weighted by Crippen LogP contribution is -2.40. The first-order valence-electron chi connectivity index (χ1n) is 8.84. The average molecular weight is 389 g/mol. The van der Waals surface area contributed by atoms with Crippen molar-refractivity contribution in [3.8, 4) is 0 Å². The van der Waals surface area contributed by atoms with Crippen molar-refractivity contribution in [1.82, 2.24) is 4.72 Å². The van der Waals surface area contributed by atoms with Gasteiger partial charge in [0.25, 0.3) is 5.91 Å². The van der Waals surface area contributed by atoms with Crippen LogP contribution in [0.25, 0.3) is 0 Å². The molecule has 0 spiro atoms. The van der Waals surface area contributed by atoms with Crippen LogP contribution in [-0.4, -0.2) is 19.9 Å². The summed E-state index contributed by atoms with van der Waals surface area (Å²) in [6.45, 7) is 11.7. The van der Waals surface area contributed by atoms with Crippen molar-refractivity contribution in [2.45, 2.75) is 57.4 Å². The number of hydrogen-bond donors (Lipinski definition) is 2. The van der Waals surface area contributed by atoms with E-state index in [2.05, 4.69) is 30.8 Å². The number of carbonyl (C=O) groups is 1. The quantitative estimate of drug-likeness (QED) is 0.819. The fourth-order valence-electron chi connectivity index (χ4n) is 2.50. The molecule has 0 fully saturated rings. The molecule has 2 aromatic rings. The van der Waals surface area contributed by atoms with Gasteiger partial charge in [0.05, 0.1) is 4.90 Å². The van der Waals surface area contributed by atoms with Crippen LogP contribution in [0, 0.1) is 0 Å². The third-order valence-electron chi connectivity index (χ3n) is 3.88. The molecule has 0 aliphatic carbocycles. The van der Waals surface area contributed by atoms with Crippen molar-refractivity contribution in [2.75, 3.05) is 5.32 Å². The van der Waals surface area contributed by atoms with Gasteiger partial charge in [-0.25, -0.2) is 13.1 Å². The Kier molecular flexibility index (Phi) is 5.82. The molecule has 0 heterocycles. The number of nitrogens with one attached hydrogen (secondary N) is 2. The fourth-order valence-corrected chi connectivity index (χ4v) is 3.92. The van der Waals surface area contributed by atoms with Gasteiger partial charge in [0, 0.05) is 16.8 Å². The van der Waals surface area contributed by atoms with Crippen LogP contribution < -0.4 is 10.0 Å². The van der Waals surface area contributed by atoms with Crippen molar-refractivity contribution in [3.05, 3.63) is 59.7 Å². The maximum absolute atomic E-state index is 12.4. The molecule has 0 bridgehead atoms. The van der Waals surface area contributed by atoms with Gasteiger partial charge in [-0.15, -0.1) is 0 Å². The van der Waals surface area contributed by atoms with Crippen LogP contribution in [0.2, 0.25) is 0 Å². The zero-order valence-corrected chi connectivity index (χ0v) is 17.6. The van der Waals surface area contributed by atoms with E-state index in [0.717, 1.165) is 5.56 Å². The number of anilines is 1. The van der Waals surface area contributed by atoms with E-state index in [1.807, 2.05) is 12.1 Å². The summed E-state index contributed by atoms with van der Waals surface area (Å²) in [4.78, 5) is 12.6. The van der Waals surface area contributed by atoms with Crippen molar-refractivity contribution >= 4 is 21.6 Å². The van der Waals surface area contributed by atoms with Gasteiger partial charge in [0.15, 0.2) is 0 Å². The molecular formula is C21H28N2O3S. The van der Waals surface area contributed by atoms with Gasteiger partial charge >= 0.3 is 0 Å². The van der Waals surface area contributed by atoms with E-state index >= 15 is 0 Å². The normalized spacial score (nSPS) is 12.7. The first kappa shape index (κ1) is 21.1. The van der Waals surface area contributed by atoms with Gasteiger partial charge in [-0.1, -0.05) is 32.9 Å². The van der Waals surface area contributed by atoms with Crippen LogP contribution in [0.1, 0.15) is 57.5 Å². The first-order valence-corrected chi connectivity index (χ1v) is 10.3. The fraction of sp³-hybridized carbons (Fsp3) is 0.381. The summed E-state index contributed by atoms with van der Waals surface area (Å²) >= 11 is 0. The lowest BCUT2D eigenvalue weighted by atomic mass is 9.87. The molecule has 0 aliphatic heterocycles. The van der Waals surface area contributed by atoms with Gasteiger partial charge in [0.2, 0.25) is 10.0 Å². The minimum Gasteiger partial charge on any atom is -0.322 e. The average Bonchev–Trinajstić information content (AvgIpc) is 2.52. The molecule has 27 heavy (non-hydrogen) atoms. The zero-order valence-electron chi connectivity index (χ0n) is 16.8. The summed E-state index contributed by atoms with van der Waals surface area (Å²) in [6, 6.07) is 13.6. The second-order valence-electron chi connectivity index (χ2n) is 8.66. The van der Waals surface area contributed by atoms with Crippen LogP contribution in [0.5, 0.6) is 0 Å². The van der Waals surface area contributed by atoms with Gasteiger partial charge in [0.1, 0.15) is 0 Å². The molecule has 0 aromatic heterocycles. The lowest BCUT2D eigenvalue weighted by Gasteiger charge is -2.20.